The van der Waals surface area contributed by atoms with Gasteiger partial charge in [0.1, 0.15) is 23.1 Å². The zero-order chi connectivity index (χ0) is 28.6. The van der Waals surface area contributed by atoms with Gasteiger partial charge in [0.25, 0.3) is 0 Å². The van der Waals surface area contributed by atoms with Crippen molar-refractivity contribution >= 4 is 29.0 Å². The molecule has 0 bridgehead atoms. The van der Waals surface area contributed by atoms with Crippen LogP contribution >= 0.6 is 0 Å². The second-order valence-electron chi connectivity index (χ2n) is 11.2. The SMILES string of the molecule is COc1ccc(C(C)(C)C)cc1N1C(N2CCN(c3ccc(F)cc3)CC2)=Nc2c(F)cccc2C1CC(=O)O. The molecular weight excluding hydrogens is 514 g/mol. The number of fused-ring (bicyclic) bond motifs is 1. The van der Waals surface area contributed by atoms with Crippen molar-refractivity contribution < 1.29 is 23.4 Å². The minimum absolute atomic E-state index is 0.159. The van der Waals surface area contributed by atoms with Gasteiger partial charge in [0.15, 0.2) is 0 Å². The van der Waals surface area contributed by atoms with Gasteiger partial charge in [0, 0.05) is 37.4 Å². The first kappa shape index (κ1) is 27.4. The number of rotatable bonds is 5. The smallest absolute Gasteiger partial charge is 0.305 e. The molecule has 40 heavy (non-hydrogen) atoms. The molecule has 0 amide bonds. The molecule has 1 saturated heterocycles. The molecule has 2 aliphatic heterocycles. The Hall–Kier alpha value is -4.14. The van der Waals surface area contributed by atoms with E-state index in [1.807, 2.05) is 23.1 Å². The molecule has 0 aromatic heterocycles. The molecule has 2 heterocycles. The van der Waals surface area contributed by atoms with Crippen LogP contribution in [0.3, 0.4) is 0 Å². The van der Waals surface area contributed by atoms with Gasteiger partial charge in [0.05, 0.1) is 25.3 Å². The Kier molecular flexibility index (Phi) is 7.40. The molecule has 1 atom stereocenters. The number of para-hydroxylation sites is 1. The molecule has 5 rings (SSSR count). The topological polar surface area (TPSA) is 68.6 Å². The molecule has 0 saturated carbocycles. The summed E-state index contributed by atoms with van der Waals surface area (Å²) in [5.41, 5.74) is 3.13. The van der Waals surface area contributed by atoms with E-state index in [0.29, 0.717) is 49.1 Å². The average Bonchev–Trinajstić information content (AvgIpc) is 2.93. The Morgan fingerprint density at radius 1 is 1.00 bits per heavy atom. The molecule has 9 heteroatoms. The van der Waals surface area contributed by atoms with E-state index in [9.17, 15) is 14.3 Å². The number of benzene rings is 3. The molecule has 0 radical (unpaired) electrons. The Morgan fingerprint density at radius 3 is 2.30 bits per heavy atom. The van der Waals surface area contributed by atoms with Crippen molar-refractivity contribution in [2.24, 2.45) is 4.99 Å². The van der Waals surface area contributed by atoms with Crippen LogP contribution in [0, 0.1) is 11.6 Å². The lowest BCUT2D eigenvalue weighted by atomic mass is 9.86. The van der Waals surface area contributed by atoms with Gasteiger partial charge in [0.2, 0.25) is 5.96 Å². The fraction of sp³-hybridized carbons (Fsp3) is 0.355. The number of nitrogens with zero attached hydrogens (tertiary/aromatic N) is 4. The maximum Gasteiger partial charge on any atom is 0.305 e. The normalized spacial score (nSPS) is 17.4. The standard InChI is InChI=1S/C31H34F2N4O3/c1-31(2,3)20-8-13-27(40-4)26(18-20)37-25(19-28(38)39)23-6-5-7-24(33)29(23)34-30(37)36-16-14-35(15-17-36)22-11-9-21(32)10-12-22/h5-13,18,25H,14-17,19H2,1-4H3,(H,38,39). The van der Waals surface area contributed by atoms with Gasteiger partial charge in [-0.1, -0.05) is 39.0 Å². The Bertz CT molecular complexity index is 1430. The van der Waals surface area contributed by atoms with Crippen LogP contribution in [-0.2, 0) is 10.2 Å². The summed E-state index contributed by atoms with van der Waals surface area (Å²) in [6.45, 7) is 8.69. The van der Waals surface area contributed by atoms with E-state index in [0.717, 1.165) is 11.3 Å². The van der Waals surface area contributed by atoms with Crippen LogP contribution in [0.5, 0.6) is 5.75 Å². The average molecular weight is 549 g/mol. The van der Waals surface area contributed by atoms with Crippen molar-refractivity contribution in [3.05, 3.63) is 83.4 Å². The quantitative estimate of drug-likeness (QED) is 0.415. The van der Waals surface area contributed by atoms with Crippen molar-refractivity contribution in [1.29, 1.82) is 0 Å². The van der Waals surface area contributed by atoms with Crippen LogP contribution in [-0.4, -0.2) is 55.2 Å². The second-order valence-corrected chi connectivity index (χ2v) is 11.2. The number of halogens is 2. The van der Waals surface area contributed by atoms with Gasteiger partial charge >= 0.3 is 5.97 Å². The van der Waals surface area contributed by atoms with Gasteiger partial charge in [-0.15, -0.1) is 0 Å². The van der Waals surface area contributed by atoms with Gasteiger partial charge < -0.3 is 24.5 Å². The second kappa shape index (κ2) is 10.8. The molecule has 1 unspecified atom stereocenters. The first-order valence-corrected chi connectivity index (χ1v) is 13.4. The summed E-state index contributed by atoms with van der Waals surface area (Å²) in [6, 6.07) is 16.3. The molecule has 2 aliphatic rings. The third-order valence-electron chi connectivity index (χ3n) is 7.54. The van der Waals surface area contributed by atoms with Gasteiger partial charge in [-0.25, -0.2) is 13.8 Å². The molecule has 1 N–H and O–H groups in total. The fourth-order valence-electron chi connectivity index (χ4n) is 5.38. The number of ether oxygens (including phenoxy) is 1. The number of aliphatic carboxylic acids is 1. The zero-order valence-electron chi connectivity index (χ0n) is 23.2. The predicted molar refractivity (Wildman–Crippen MR) is 153 cm³/mol. The molecule has 7 nitrogen and oxygen atoms in total. The lowest BCUT2D eigenvalue weighted by Gasteiger charge is -2.45. The van der Waals surface area contributed by atoms with E-state index >= 15 is 4.39 Å². The number of aliphatic imine (C=N–C) groups is 1. The van der Waals surface area contributed by atoms with Crippen molar-refractivity contribution in [2.75, 3.05) is 43.1 Å². The zero-order valence-corrected chi connectivity index (χ0v) is 23.2. The minimum Gasteiger partial charge on any atom is -0.495 e. The van der Waals surface area contributed by atoms with Gasteiger partial charge in [-0.05, 0) is 53.4 Å². The van der Waals surface area contributed by atoms with Crippen LogP contribution in [0.1, 0.15) is 44.4 Å². The number of hydrogen-bond donors (Lipinski definition) is 1. The largest absolute Gasteiger partial charge is 0.495 e. The predicted octanol–water partition coefficient (Wildman–Crippen LogP) is 6.12. The fourth-order valence-corrected chi connectivity index (χ4v) is 5.38. The molecule has 0 spiro atoms. The summed E-state index contributed by atoms with van der Waals surface area (Å²) in [6.07, 6.45) is -0.256. The molecule has 3 aromatic rings. The van der Waals surface area contributed by atoms with E-state index in [1.165, 1.54) is 18.2 Å². The summed E-state index contributed by atoms with van der Waals surface area (Å²) in [7, 11) is 1.58. The third kappa shape index (κ3) is 5.33. The highest BCUT2D eigenvalue weighted by atomic mass is 19.1. The van der Waals surface area contributed by atoms with E-state index in [4.69, 9.17) is 9.73 Å². The Balaban J connectivity index is 1.61. The van der Waals surface area contributed by atoms with Crippen LogP contribution in [0.2, 0.25) is 0 Å². The summed E-state index contributed by atoms with van der Waals surface area (Å²) in [5, 5.41) is 9.97. The molecule has 3 aromatic carbocycles. The Labute approximate surface area is 233 Å². The first-order valence-electron chi connectivity index (χ1n) is 13.4. The number of carboxylic acids is 1. The van der Waals surface area contributed by atoms with Crippen molar-refractivity contribution in [2.45, 2.75) is 38.6 Å². The summed E-state index contributed by atoms with van der Waals surface area (Å²) in [4.78, 5) is 23.1. The number of guanidine groups is 1. The van der Waals surface area contributed by atoms with E-state index in [2.05, 4.69) is 30.6 Å². The molecular formula is C31H34F2N4O3. The number of carboxylic acid groups (broad SMARTS) is 1. The van der Waals surface area contributed by atoms with Crippen LogP contribution in [0.4, 0.5) is 25.8 Å². The highest BCUT2D eigenvalue weighted by Crippen LogP contribution is 2.45. The molecule has 1 fully saturated rings. The Morgan fingerprint density at radius 2 is 1.68 bits per heavy atom. The monoisotopic (exact) mass is 548 g/mol. The summed E-state index contributed by atoms with van der Waals surface area (Å²) >= 11 is 0. The van der Waals surface area contributed by atoms with E-state index in [-0.39, 0.29) is 23.3 Å². The number of carbonyl (C=O) groups is 1. The number of methoxy groups -OCH3 is 1. The lowest BCUT2D eigenvalue weighted by Crippen LogP contribution is -2.55. The van der Waals surface area contributed by atoms with Crippen LogP contribution < -0.4 is 14.5 Å². The molecule has 0 aliphatic carbocycles. The van der Waals surface area contributed by atoms with Crippen molar-refractivity contribution in [3.63, 3.8) is 0 Å². The lowest BCUT2D eigenvalue weighted by molar-refractivity contribution is -0.137. The minimum atomic E-state index is -1.00. The number of hydrogen-bond acceptors (Lipinski definition) is 6. The molecule has 210 valence electrons. The van der Waals surface area contributed by atoms with Crippen molar-refractivity contribution in [3.8, 4) is 5.75 Å². The van der Waals surface area contributed by atoms with Crippen LogP contribution in [0.25, 0.3) is 0 Å². The highest BCUT2D eigenvalue weighted by molar-refractivity contribution is 6.02. The number of piperazine rings is 1. The van der Waals surface area contributed by atoms with Gasteiger partial charge in [-0.3, -0.25) is 4.79 Å². The highest BCUT2D eigenvalue weighted by Gasteiger charge is 2.39. The number of anilines is 2. The van der Waals surface area contributed by atoms with E-state index < -0.39 is 17.8 Å². The third-order valence-corrected chi connectivity index (χ3v) is 7.54. The maximum atomic E-state index is 15.2. The van der Waals surface area contributed by atoms with Crippen molar-refractivity contribution in [1.82, 2.24) is 4.90 Å². The first-order chi connectivity index (χ1) is 19.1. The van der Waals surface area contributed by atoms with Crippen LogP contribution in [0.15, 0.2) is 65.7 Å². The van der Waals surface area contributed by atoms with Gasteiger partial charge in [-0.2, -0.15) is 0 Å². The summed E-state index contributed by atoms with van der Waals surface area (Å²) < 4.78 is 34.4. The summed E-state index contributed by atoms with van der Waals surface area (Å²) in [5.74, 6) is -0.733. The maximum absolute atomic E-state index is 15.2. The van der Waals surface area contributed by atoms with E-state index in [1.54, 1.807) is 31.4 Å².